The Morgan fingerprint density at radius 3 is 2.09 bits per heavy atom. The molecule has 0 radical (unpaired) electrons. The van der Waals surface area contributed by atoms with Gasteiger partial charge in [-0.3, -0.25) is 5.41 Å². The third-order valence-electron chi connectivity index (χ3n) is 1.51. The van der Waals surface area contributed by atoms with Crippen LogP contribution in [0.5, 0.6) is 0 Å². The molecular formula is C9H20N2. The summed E-state index contributed by atoms with van der Waals surface area (Å²) < 4.78 is 0. The Bertz CT molecular complexity index is 133. The highest BCUT2D eigenvalue weighted by atomic mass is 15.1. The number of nitrogens with zero attached hydrogens (tertiary/aromatic N) is 1. The minimum absolute atomic E-state index is 0.288. The van der Waals surface area contributed by atoms with Gasteiger partial charge in [0.2, 0.25) is 0 Å². The van der Waals surface area contributed by atoms with Gasteiger partial charge in [-0.05, 0) is 5.41 Å². The van der Waals surface area contributed by atoms with Crippen LogP contribution in [0.25, 0.3) is 0 Å². The summed E-state index contributed by atoms with van der Waals surface area (Å²) in [5.74, 6) is 0.722. The second kappa shape index (κ2) is 3.74. The molecule has 2 heteroatoms. The molecule has 0 aromatic heterocycles. The second-order valence-corrected chi connectivity index (χ2v) is 4.22. The van der Waals surface area contributed by atoms with E-state index in [0.717, 1.165) is 18.8 Å². The molecule has 0 bridgehead atoms. The first-order valence-electron chi connectivity index (χ1n) is 4.15. The van der Waals surface area contributed by atoms with E-state index >= 15 is 0 Å². The van der Waals surface area contributed by atoms with E-state index in [1.54, 1.807) is 0 Å². The molecule has 0 unspecified atom stereocenters. The molecule has 0 saturated heterocycles. The Labute approximate surface area is 70.1 Å². The first-order chi connectivity index (χ1) is 4.87. The zero-order valence-corrected chi connectivity index (χ0v) is 8.36. The first-order valence-corrected chi connectivity index (χ1v) is 4.15. The molecule has 0 atom stereocenters. The number of rotatable bonds is 2. The van der Waals surface area contributed by atoms with Crippen LogP contribution in [0.2, 0.25) is 0 Å². The van der Waals surface area contributed by atoms with E-state index in [2.05, 4.69) is 20.8 Å². The number of hydrogen-bond donors (Lipinski definition) is 1. The van der Waals surface area contributed by atoms with Crippen LogP contribution in [0.4, 0.5) is 0 Å². The molecular weight excluding hydrogens is 136 g/mol. The molecule has 0 amide bonds. The third-order valence-corrected chi connectivity index (χ3v) is 1.51. The van der Waals surface area contributed by atoms with Gasteiger partial charge in [0.05, 0.1) is 5.84 Å². The molecule has 0 aliphatic carbocycles. The maximum atomic E-state index is 7.55. The number of nitrogens with one attached hydrogen (secondary N) is 1. The fraction of sp³-hybridized carbons (Fsp3) is 0.889. The van der Waals surface area contributed by atoms with Gasteiger partial charge in [0, 0.05) is 20.0 Å². The monoisotopic (exact) mass is 156 g/mol. The average molecular weight is 156 g/mol. The summed E-state index contributed by atoms with van der Waals surface area (Å²) in [5.41, 5.74) is 0.288. The summed E-state index contributed by atoms with van der Waals surface area (Å²) in [6, 6.07) is 0. The summed E-state index contributed by atoms with van der Waals surface area (Å²) in [7, 11) is 1.98. The number of amidine groups is 1. The van der Waals surface area contributed by atoms with Crippen molar-refractivity contribution in [1.82, 2.24) is 4.90 Å². The standard InChI is InChI=1S/C9H20N2/c1-6-8(10)11(5)7-9(2,3)4/h10H,6-7H2,1-5H3. The van der Waals surface area contributed by atoms with Crippen LogP contribution in [0.15, 0.2) is 0 Å². The molecule has 11 heavy (non-hydrogen) atoms. The van der Waals surface area contributed by atoms with Crippen molar-refractivity contribution in [3.63, 3.8) is 0 Å². The highest BCUT2D eigenvalue weighted by molar-refractivity contribution is 5.78. The molecule has 0 aliphatic heterocycles. The zero-order valence-electron chi connectivity index (χ0n) is 8.36. The minimum atomic E-state index is 0.288. The van der Waals surface area contributed by atoms with Crippen molar-refractivity contribution in [3.8, 4) is 0 Å². The van der Waals surface area contributed by atoms with Crippen LogP contribution in [-0.2, 0) is 0 Å². The van der Waals surface area contributed by atoms with Gasteiger partial charge < -0.3 is 4.90 Å². The topological polar surface area (TPSA) is 27.1 Å². The Morgan fingerprint density at radius 1 is 1.36 bits per heavy atom. The fourth-order valence-corrected chi connectivity index (χ4v) is 1.08. The van der Waals surface area contributed by atoms with Gasteiger partial charge in [-0.2, -0.15) is 0 Å². The van der Waals surface area contributed by atoms with Crippen LogP contribution in [-0.4, -0.2) is 24.3 Å². The van der Waals surface area contributed by atoms with Crippen molar-refractivity contribution < 1.29 is 0 Å². The van der Waals surface area contributed by atoms with Crippen molar-refractivity contribution >= 4 is 5.84 Å². The molecule has 0 saturated carbocycles. The SMILES string of the molecule is CCC(=N)N(C)CC(C)(C)C. The molecule has 0 aliphatic rings. The van der Waals surface area contributed by atoms with Crippen molar-refractivity contribution in [2.24, 2.45) is 5.41 Å². The molecule has 0 aromatic rings. The largest absolute Gasteiger partial charge is 0.363 e. The Kier molecular flexibility index (Phi) is 3.56. The molecule has 66 valence electrons. The Hall–Kier alpha value is -0.530. The lowest BCUT2D eigenvalue weighted by molar-refractivity contribution is 0.302. The predicted molar refractivity (Wildman–Crippen MR) is 50.1 cm³/mol. The lowest BCUT2D eigenvalue weighted by atomic mass is 9.96. The van der Waals surface area contributed by atoms with Gasteiger partial charge in [-0.1, -0.05) is 27.7 Å². The van der Waals surface area contributed by atoms with Crippen LogP contribution in [0.3, 0.4) is 0 Å². The Morgan fingerprint density at radius 2 is 1.82 bits per heavy atom. The van der Waals surface area contributed by atoms with Gasteiger partial charge >= 0.3 is 0 Å². The van der Waals surface area contributed by atoms with Gasteiger partial charge in [0.25, 0.3) is 0 Å². The quantitative estimate of drug-likeness (QED) is 0.482. The maximum Gasteiger partial charge on any atom is 0.0952 e. The molecule has 0 fully saturated rings. The molecule has 1 N–H and O–H groups in total. The van der Waals surface area contributed by atoms with Gasteiger partial charge in [0.1, 0.15) is 0 Å². The highest BCUT2D eigenvalue weighted by Crippen LogP contribution is 2.14. The van der Waals surface area contributed by atoms with Gasteiger partial charge in [0.15, 0.2) is 0 Å². The van der Waals surface area contributed by atoms with Crippen molar-refractivity contribution in [2.75, 3.05) is 13.6 Å². The summed E-state index contributed by atoms with van der Waals surface area (Å²) in [6.45, 7) is 9.53. The van der Waals surface area contributed by atoms with Crippen LogP contribution >= 0.6 is 0 Å². The normalized spacial score (nSPS) is 11.4. The molecule has 0 rings (SSSR count). The van der Waals surface area contributed by atoms with Crippen LogP contribution in [0, 0.1) is 10.8 Å². The number of hydrogen-bond acceptors (Lipinski definition) is 1. The summed E-state index contributed by atoms with van der Waals surface area (Å²) >= 11 is 0. The summed E-state index contributed by atoms with van der Waals surface area (Å²) in [5, 5.41) is 7.55. The van der Waals surface area contributed by atoms with E-state index < -0.39 is 0 Å². The van der Waals surface area contributed by atoms with E-state index in [4.69, 9.17) is 5.41 Å². The van der Waals surface area contributed by atoms with Gasteiger partial charge in [-0.25, -0.2) is 0 Å². The molecule has 0 spiro atoms. The third kappa shape index (κ3) is 4.82. The van der Waals surface area contributed by atoms with Crippen LogP contribution in [0.1, 0.15) is 34.1 Å². The van der Waals surface area contributed by atoms with Crippen molar-refractivity contribution in [1.29, 1.82) is 5.41 Å². The minimum Gasteiger partial charge on any atom is -0.363 e. The van der Waals surface area contributed by atoms with Crippen molar-refractivity contribution in [2.45, 2.75) is 34.1 Å². The van der Waals surface area contributed by atoms with E-state index in [1.165, 1.54) is 0 Å². The summed E-state index contributed by atoms with van der Waals surface area (Å²) in [4.78, 5) is 2.01. The van der Waals surface area contributed by atoms with Crippen molar-refractivity contribution in [3.05, 3.63) is 0 Å². The van der Waals surface area contributed by atoms with Crippen LogP contribution < -0.4 is 0 Å². The molecule has 2 nitrogen and oxygen atoms in total. The lowest BCUT2D eigenvalue weighted by Gasteiger charge is -2.27. The smallest absolute Gasteiger partial charge is 0.0952 e. The van der Waals surface area contributed by atoms with E-state index in [9.17, 15) is 0 Å². The Balaban J connectivity index is 3.87. The molecule has 0 heterocycles. The fourth-order valence-electron chi connectivity index (χ4n) is 1.08. The summed E-state index contributed by atoms with van der Waals surface area (Å²) in [6.07, 6.45) is 0.826. The van der Waals surface area contributed by atoms with E-state index in [1.807, 2.05) is 18.9 Å². The van der Waals surface area contributed by atoms with E-state index in [0.29, 0.717) is 0 Å². The van der Waals surface area contributed by atoms with Gasteiger partial charge in [-0.15, -0.1) is 0 Å². The molecule has 0 aromatic carbocycles. The first kappa shape index (κ1) is 10.5. The maximum absolute atomic E-state index is 7.55. The second-order valence-electron chi connectivity index (χ2n) is 4.22. The zero-order chi connectivity index (χ0) is 9.07. The van der Waals surface area contributed by atoms with E-state index in [-0.39, 0.29) is 5.41 Å². The lowest BCUT2D eigenvalue weighted by Crippen LogP contribution is -2.33. The average Bonchev–Trinajstić information content (AvgIpc) is 1.82. The highest BCUT2D eigenvalue weighted by Gasteiger charge is 2.14. The predicted octanol–water partition coefficient (Wildman–Crippen LogP) is 2.35.